The molecular weight excluding hydrogens is 301 g/mol. The summed E-state index contributed by atoms with van der Waals surface area (Å²) in [5, 5.41) is 7.04. The summed E-state index contributed by atoms with van der Waals surface area (Å²) >= 11 is 1.80. The minimum atomic E-state index is -0.288. The molecule has 0 aliphatic rings. The van der Waals surface area contributed by atoms with E-state index in [1.165, 1.54) is 12.1 Å². The first-order chi connectivity index (χ1) is 10.6. The molecule has 0 aliphatic heterocycles. The molecule has 0 aliphatic carbocycles. The monoisotopic (exact) mass is 327 g/mol. The second kappa shape index (κ2) is 10.3. The lowest BCUT2D eigenvalue weighted by Gasteiger charge is -2.20. The first-order valence-electron chi connectivity index (χ1n) is 7.48. The molecule has 1 aromatic rings. The van der Waals surface area contributed by atoms with Gasteiger partial charge in [0.05, 0.1) is 6.54 Å². The predicted octanol–water partition coefficient (Wildman–Crippen LogP) is 2.90. The number of rotatable bonds is 8. The number of hydrogen-bond donors (Lipinski definition) is 2. The fraction of sp³-hybridized carbons (Fsp3) is 0.562. The third-order valence-corrected chi connectivity index (χ3v) is 4.21. The van der Waals surface area contributed by atoms with Crippen molar-refractivity contribution in [1.29, 1.82) is 0 Å². The van der Waals surface area contributed by atoms with Crippen molar-refractivity contribution in [2.24, 2.45) is 4.99 Å². The maximum absolute atomic E-state index is 13.2. The molecule has 22 heavy (non-hydrogen) atoms. The number of thioether (sulfide) groups is 1. The van der Waals surface area contributed by atoms with Crippen LogP contribution >= 0.6 is 11.8 Å². The highest BCUT2D eigenvalue weighted by atomic mass is 32.2. The van der Waals surface area contributed by atoms with Crippen LogP contribution in [0, 0.1) is 5.82 Å². The standard InChI is InChI=1S/C16H26FN3OS/c1-5-14(21-15-8-6-7-13(17)9-15)11-20-16(18-3)19-10-12(2)22-4/h6-9,12,14H,5,10-11H2,1-4H3,(H2,18,19,20). The van der Waals surface area contributed by atoms with Gasteiger partial charge in [-0.3, -0.25) is 4.99 Å². The van der Waals surface area contributed by atoms with Gasteiger partial charge in [0.2, 0.25) is 0 Å². The highest BCUT2D eigenvalue weighted by Crippen LogP contribution is 2.14. The van der Waals surface area contributed by atoms with E-state index in [0.29, 0.717) is 17.5 Å². The summed E-state index contributed by atoms with van der Waals surface area (Å²) in [4.78, 5) is 4.19. The number of halogens is 1. The minimum absolute atomic E-state index is 0.0432. The van der Waals surface area contributed by atoms with Gasteiger partial charge in [-0.25, -0.2) is 4.39 Å². The molecule has 0 spiro atoms. The zero-order valence-corrected chi connectivity index (χ0v) is 14.5. The maximum atomic E-state index is 13.2. The summed E-state index contributed by atoms with van der Waals surface area (Å²) in [5.74, 6) is 1.01. The van der Waals surface area contributed by atoms with Crippen molar-refractivity contribution in [3.05, 3.63) is 30.1 Å². The molecule has 4 nitrogen and oxygen atoms in total. The summed E-state index contributed by atoms with van der Waals surface area (Å²) in [6.45, 7) is 5.66. The van der Waals surface area contributed by atoms with Gasteiger partial charge in [-0.2, -0.15) is 11.8 Å². The van der Waals surface area contributed by atoms with Gasteiger partial charge in [-0.15, -0.1) is 0 Å². The molecule has 0 saturated carbocycles. The van der Waals surface area contributed by atoms with Crippen molar-refractivity contribution in [2.45, 2.75) is 31.6 Å². The molecule has 124 valence electrons. The Bertz CT molecular complexity index is 470. The van der Waals surface area contributed by atoms with Crippen LogP contribution in [0.15, 0.2) is 29.3 Å². The highest BCUT2D eigenvalue weighted by molar-refractivity contribution is 7.99. The Morgan fingerprint density at radius 3 is 2.68 bits per heavy atom. The van der Waals surface area contributed by atoms with Gasteiger partial charge in [0.1, 0.15) is 17.7 Å². The molecule has 0 radical (unpaired) electrons. The van der Waals surface area contributed by atoms with Gasteiger partial charge in [-0.1, -0.05) is 19.9 Å². The van der Waals surface area contributed by atoms with E-state index in [1.54, 1.807) is 30.9 Å². The van der Waals surface area contributed by atoms with E-state index in [9.17, 15) is 4.39 Å². The Morgan fingerprint density at radius 2 is 2.09 bits per heavy atom. The highest BCUT2D eigenvalue weighted by Gasteiger charge is 2.10. The van der Waals surface area contributed by atoms with Crippen LogP contribution in [0.3, 0.4) is 0 Å². The largest absolute Gasteiger partial charge is 0.489 e. The van der Waals surface area contributed by atoms with Gasteiger partial charge in [0.15, 0.2) is 5.96 Å². The summed E-state index contributed by atoms with van der Waals surface area (Å²) in [6.07, 6.45) is 2.86. The van der Waals surface area contributed by atoms with Crippen LogP contribution in [-0.4, -0.2) is 43.7 Å². The van der Waals surface area contributed by atoms with Crippen LogP contribution in [0.4, 0.5) is 4.39 Å². The quantitative estimate of drug-likeness (QED) is 0.569. The smallest absolute Gasteiger partial charge is 0.191 e. The fourth-order valence-electron chi connectivity index (χ4n) is 1.76. The van der Waals surface area contributed by atoms with E-state index in [2.05, 4.69) is 28.8 Å². The lowest BCUT2D eigenvalue weighted by molar-refractivity contribution is 0.199. The molecule has 1 rings (SSSR count). The molecule has 0 heterocycles. The number of nitrogens with zero attached hydrogens (tertiary/aromatic N) is 1. The van der Waals surface area contributed by atoms with E-state index < -0.39 is 0 Å². The molecule has 6 heteroatoms. The van der Waals surface area contributed by atoms with Crippen LogP contribution in [0.25, 0.3) is 0 Å². The van der Waals surface area contributed by atoms with Crippen LogP contribution in [0.5, 0.6) is 5.75 Å². The average molecular weight is 327 g/mol. The third kappa shape index (κ3) is 7.02. The number of ether oxygens (including phenoxy) is 1. The second-order valence-corrected chi connectivity index (χ2v) is 6.26. The van der Waals surface area contributed by atoms with E-state index in [1.807, 2.05) is 6.92 Å². The number of hydrogen-bond acceptors (Lipinski definition) is 3. The zero-order chi connectivity index (χ0) is 16.4. The molecule has 0 fully saturated rings. The lowest BCUT2D eigenvalue weighted by Crippen LogP contribution is -2.44. The summed E-state index contributed by atoms with van der Waals surface area (Å²) < 4.78 is 19.0. The summed E-state index contributed by atoms with van der Waals surface area (Å²) in [5.41, 5.74) is 0. The molecule has 2 N–H and O–H groups in total. The zero-order valence-electron chi connectivity index (χ0n) is 13.7. The van der Waals surface area contributed by atoms with E-state index in [-0.39, 0.29) is 11.9 Å². The predicted molar refractivity (Wildman–Crippen MR) is 93.4 cm³/mol. The number of nitrogens with one attached hydrogen (secondary N) is 2. The van der Waals surface area contributed by atoms with Crippen molar-refractivity contribution in [1.82, 2.24) is 10.6 Å². The molecule has 0 bridgehead atoms. The van der Waals surface area contributed by atoms with Crippen LogP contribution < -0.4 is 15.4 Å². The van der Waals surface area contributed by atoms with Gasteiger partial charge in [-0.05, 0) is 24.8 Å². The first kappa shape index (κ1) is 18.6. The molecule has 1 aromatic carbocycles. The van der Waals surface area contributed by atoms with Crippen molar-refractivity contribution < 1.29 is 9.13 Å². The van der Waals surface area contributed by atoms with Crippen molar-refractivity contribution in [2.75, 3.05) is 26.4 Å². The lowest BCUT2D eigenvalue weighted by atomic mass is 10.2. The van der Waals surface area contributed by atoms with Crippen molar-refractivity contribution >= 4 is 17.7 Å². The van der Waals surface area contributed by atoms with Crippen LogP contribution in [0.2, 0.25) is 0 Å². The Labute approximate surface area is 136 Å². The van der Waals surface area contributed by atoms with Crippen molar-refractivity contribution in [3.63, 3.8) is 0 Å². The fourth-order valence-corrected chi connectivity index (χ4v) is 2.01. The van der Waals surface area contributed by atoms with Crippen LogP contribution in [-0.2, 0) is 0 Å². The number of aliphatic imine (C=N–C) groups is 1. The maximum Gasteiger partial charge on any atom is 0.191 e. The molecule has 2 unspecified atom stereocenters. The number of benzene rings is 1. The molecule has 2 atom stereocenters. The van der Waals surface area contributed by atoms with Gasteiger partial charge in [0.25, 0.3) is 0 Å². The van der Waals surface area contributed by atoms with Crippen molar-refractivity contribution in [3.8, 4) is 5.75 Å². The second-order valence-electron chi connectivity index (χ2n) is 4.99. The Morgan fingerprint density at radius 1 is 1.36 bits per heavy atom. The van der Waals surface area contributed by atoms with Gasteiger partial charge >= 0.3 is 0 Å². The van der Waals surface area contributed by atoms with Gasteiger partial charge in [0, 0.05) is 24.9 Å². The average Bonchev–Trinajstić information content (AvgIpc) is 2.53. The SMILES string of the molecule is CCC(CNC(=NC)NCC(C)SC)Oc1cccc(F)c1. The molecule has 0 amide bonds. The Balaban J connectivity index is 2.45. The van der Waals surface area contributed by atoms with E-state index in [4.69, 9.17) is 4.74 Å². The molecule has 0 aromatic heterocycles. The van der Waals surface area contributed by atoms with E-state index in [0.717, 1.165) is 18.9 Å². The Kier molecular flexibility index (Phi) is 8.74. The normalized spacial score (nSPS) is 14.3. The first-order valence-corrected chi connectivity index (χ1v) is 8.77. The minimum Gasteiger partial charge on any atom is -0.489 e. The molecule has 0 saturated heterocycles. The Hall–Kier alpha value is -1.43. The van der Waals surface area contributed by atoms with Gasteiger partial charge < -0.3 is 15.4 Å². The molecular formula is C16H26FN3OS. The summed E-state index contributed by atoms with van der Waals surface area (Å²) in [6, 6.07) is 6.22. The van der Waals surface area contributed by atoms with Crippen LogP contribution in [0.1, 0.15) is 20.3 Å². The number of guanidine groups is 1. The summed E-state index contributed by atoms with van der Waals surface area (Å²) in [7, 11) is 1.74. The third-order valence-electron chi connectivity index (χ3n) is 3.23. The van der Waals surface area contributed by atoms with E-state index >= 15 is 0 Å². The topological polar surface area (TPSA) is 45.7 Å².